The van der Waals surface area contributed by atoms with Crippen LogP contribution in [0.5, 0.6) is 0 Å². The summed E-state index contributed by atoms with van der Waals surface area (Å²) in [7, 11) is 1.38. The zero-order valence-electron chi connectivity index (χ0n) is 11.5. The third-order valence-corrected chi connectivity index (χ3v) is 3.05. The molecule has 0 bridgehead atoms. The Bertz CT molecular complexity index is 579. The van der Waals surface area contributed by atoms with Gasteiger partial charge in [-0.3, -0.25) is 0 Å². The number of hydrogen-bond donors (Lipinski definition) is 1. The molecule has 2 aromatic rings. The van der Waals surface area contributed by atoms with Gasteiger partial charge in [-0.1, -0.05) is 30.3 Å². The molecule has 0 spiro atoms. The Kier molecular flexibility index (Phi) is 5.74. The van der Waals surface area contributed by atoms with Crippen LogP contribution in [-0.2, 0) is 4.74 Å². The average molecular weight is 292 g/mol. The highest BCUT2D eigenvalue weighted by Gasteiger charge is 2.06. The minimum Gasteiger partial charge on any atom is -0.465 e. The molecular formula is C16H18ClNO2. The molecule has 0 aliphatic heterocycles. The number of rotatable bonds is 3. The van der Waals surface area contributed by atoms with E-state index in [1.54, 1.807) is 12.1 Å². The van der Waals surface area contributed by atoms with E-state index in [0.717, 1.165) is 16.7 Å². The first-order valence-corrected chi connectivity index (χ1v) is 6.16. The molecule has 2 rings (SSSR count). The van der Waals surface area contributed by atoms with Crippen molar-refractivity contribution >= 4 is 18.4 Å². The Balaban J connectivity index is 0.00000200. The average Bonchev–Trinajstić information content (AvgIpc) is 2.46. The lowest BCUT2D eigenvalue weighted by Gasteiger charge is -2.09. The smallest absolute Gasteiger partial charge is 0.337 e. The van der Waals surface area contributed by atoms with Gasteiger partial charge < -0.3 is 10.5 Å². The first-order chi connectivity index (χ1) is 9.11. The fourth-order valence-electron chi connectivity index (χ4n) is 1.92. The molecule has 106 valence electrons. The largest absolute Gasteiger partial charge is 0.465 e. The SMILES string of the molecule is COC(=O)c1ccc(-c2cccc(C(C)N)c2)cc1.Cl. The van der Waals surface area contributed by atoms with Crippen molar-refractivity contribution in [2.24, 2.45) is 5.73 Å². The quantitative estimate of drug-likeness (QED) is 0.879. The summed E-state index contributed by atoms with van der Waals surface area (Å²) in [6.45, 7) is 1.96. The molecule has 0 saturated carbocycles. The van der Waals surface area contributed by atoms with Gasteiger partial charge in [0.15, 0.2) is 0 Å². The number of nitrogens with two attached hydrogens (primary N) is 1. The Hall–Kier alpha value is -1.84. The highest BCUT2D eigenvalue weighted by Crippen LogP contribution is 2.23. The van der Waals surface area contributed by atoms with Crippen LogP contribution in [0.15, 0.2) is 48.5 Å². The van der Waals surface area contributed by atoms with Gasteiger partial charge in [0, 0.05) is 6.04 Å². The molecule has 2 N–H and O–H groups in total. The molecule has 1 atom stereocenters. The van der Waals surface area contributed by atoms with Crippen LogP contribution in [0.25, 0.3) is 11.1 Å². The molecule has 0 fully saturated rings. The number of methoxy groups -OCH3 is 1. The van der Waals surface area contributed by atoms with Gasteiger partial charge in [0.05, 0.1) is 12.7 Å². The third-order valence-electron chi connectivity index (χ3n) is 3.05. The molecule has 0 heterocycles. The Morgan fingerprint density at radius 3 is 2.30 bits per heavy atom. The fourth-order valence-corrected chi connectivity index (χ4v) is 1.92. The number of carbonyl (C=O) groups is 1. The zero-order valence-corrected chi connectivity index (χ0v) is 12.3. The van der Waals surface area contributed by atoms with Gasteiger partial charge >= 0.3 is 5.97 Å². The van der Waals surface area contributed by atoms with Gasteiger partial charge in [-0.05, 0) is 41.8 Å². The molecule has 1 unspecified atom stereocenters. The number of carbonyl (C=O) groups excluding carboxylic acids is 1. The van der Waals surface area contributed by atoms with Crippen molar-refractivity contribution in [3.63, 3.8) is 0 Å². The monoisotopic (exact) mass is 291 g/mol. The maximum Gasteiger partial charge on any atom is 0.337 e. The number of esters is 1. The molecule has 0 aromatic heterocycles. The highest BCUT2D eigenvalue weighted by molar-refractivity contribution is 5.90. The van der Waals surface area contributed by atoms with Crippen LogP contribution in [0, 0.1) is 0 Å². The number of benzene rings is 2. The molecule has 0 aliphatic rings. The van der Waals surface area contributed by atoms with Gasteiger partial charge in [-0.15, -0.1) is 12.4 Å². The van der Waals surface area contributed by atoms with E-state index in [-0.39, 0.29) is 24.4 Å². The molecule has 20 heavy (non-hydrogen) atoms. The Morgan fingerprint density at radius 2 is 1.75 bits per heavy atom. The van der Waals surface area contributed by atoms with E-state index in [1.807, 2.05) is 37.3 Å². The van der Waals surface area contributed by atoms with Crippen molar-refractivity contribution in [1.82, 2.24) is 0 Å². The second-order valence-corrected chi connectivity index (χ2v) is 4.48. The van der Waals surface area contributed by atoms with Crippen LogP contribution in [0.1, 0.15) is 28.9 Å². The summed E-state index contributed by atoms with van der Waals surface area (Å²) in [6.07, 6.45) is 0. The first-order valence-electron chi connectivity index (χ1n) is 6.16. The Morgan fingerprint density at radius 1 is 1.10 bits per heavy atom. The van der Waals surface area contributed by atoms with Crippen molar-refractivity contribution in [3.8, 4) is 11.1 Å². The van der Waals surface area contributed by atoms with Crippen LogP contribution < -0.4 is 5.73 Å². The van der Waals surface area contributed by atoms with E-state index in [1.165, 1.54) is 7.11 Å². The molecular weight excluding hydrogens is 274 g/mol. The number of halogens is 1. The van der Waals surface area contributed by atoms with Gasteiger partial charge in [-0.25, -0.2) is 4.79 Å². The maximum atomic E-state index is 11.4. The van der Waals surface area contributed by atoms with E-state index in [0.29, 0.717) is 5.56 Å². The van der Waals surface area contributed by atoms with E-state index in [9.17, 15) is 4.79 Å². The van der Waals surface area contributed by atoms with Crippen molar-refractivity contribution in [2.75, 3.05) is 7.11 Å². The maximum absolute atomic E-state index is 11.4. The van der Waals surface area contributed by atoms with Crippen molar-refractivity contribution in [2.45, 2.75) is 13.0 Å². The van der Waals surface area contributed by atoms with E-state index in [4.69, 9.17) is 5.73 Å². The third kappa shape index (κ3) is 3.59. The fraction of sp³-hybridized carbons (Fsp3) is 0.188. The predicted octanol–water partition coefficient (Wildman–Crippen LogP) is 3.58. The zero-order chi connectivity index (χ0) is 13.8. The second kappa shape index (κ2) is 7.08. The van der Waals surface area contributed by atoms with E-state index >= 15 is 0 Å². The van der Waals surface area contributed by atoms with Gasteiger partial charge in [-0.2, -0.15) is 0 Å². The lowest BCUT2D eigenvalue weighted by Crippen LogP contribution is -2.04. The summed E-state index contributed by atoms with van der Waals surface area (Å²) in [5, 5.41) is 0. The van der Waals surface area contributed by atoms with Crippen LogP contribution in [0.3, 0.4) is 0 Å². The highest BCUT2D eigenvalue weighted by atomic mass is 35.5. The molecule has 0 aliphatic carbocycles. The molecule has 0 saturated heterocycles. The minimum atomic E-state index is -0.323. The van der Waals surface area contributed by atoms with Crippen LogP contribution in [-0.4, -0.2) is 13.1 Å². The molecule has 2 aromatic carbocycles. The topological polar surface area (TPSA) is 52.3 Å². The first kappa shape index (κ1) is 16.2. The van der Waals surface area contributed by atoms with Gasteiger partial charge in [0.2, 0.25) is 0 Å². The van der Waals surface area contributed by atoms with Gasteiger partial charge in [0.1, 0.15) is 0 Å². The summed E-state index contributed by atoms with van der Waals surface area (Å²) in [4.78, 5) is 11.4. The summed E-state index contributed by atoms with van der Waals surface area (Å²) < 4.78 is 4.68. The van der Waals surface area contributed by atoms with Crippen LogP contribution >= 0.6 is 12.4 Å². The van der Waals surface area contributed by atoms with Crippen LogP contribution in [0.4, 0.5) is 0 Å². The Labute approximate surface area is 125 Å². The summed E-state index contributed by atoms with van der Waals surface area (Å²) >= 11 is 0. The van der Waals surface area contributed by atoms with Crippen molar-refractivity contribution < 1.29 is 9.53 Å². The summed E-state index contributed by atoms with van der Waals surface area (Å²) in [5.74, 6) is -0.323. The normalized spacial score (nSPS) is 11.3. The lowest BCUT2D eigenvalue weighted by molar-refractivity contribution is 0.0601. The summed E-state index contributed by atoms with van der Waals surface area (Å²) in [6, 6.07) is 15.4. The minimum absolute atomic E-state index is 0. The van der Waals surface area contributed by atoms with Crippen LogP contribution in [0.2, 0.25) is 0 Å². The second-order valence-electron chi connectivity index (χ2n) is 4.48. The lowest BCUT2D eigenvalue weighted by atomic mass is 9.99. The summed E-state index contributed by atoms with van der Waals surface area (Å²) in [5.41, 5.74) is 9.66. The van der Waals surface area contributed by atoms with E-state index < -0.39 is 0 Å². The van der Waals surface area contributed by atoms with Crippen molar-refractivity contribution in [3.05, 3.63) is 59.7 Å². The predicted molar refractivity (Wildman–Crippen MR) is 83.1 cm³/mol. The standard InChI is InChI=1S/C16H17NO2.ClH/c1-11(17)14-4-3-5-15(10-14)12-6-8-13(9-7-12)16(18)19-2;/h3-11H,17H2,1-2H3;1H. The number of ether oxygens (including phenoxy) is 1. The number of hydrogen-bond acceptors (Lipinski definition) is 3. The molecule has 4 heteroatoms. The van der Waals surface area contributed by atoms with Crippen molar-refractivity contribution in [1.29, 1.82) is 0 Å². The van der Waals surface area contributed by atoms with Gasteiger partial charge in [0.25, 0.3) is 0 Å². The molecule has 0 radical (unpaired) electrons. The molecule has 0 amide bonds. The van der Waals surface area contributed by atoms with E-state index in [2.05, 4.69) is 10.8 Å². The molecule has 3 nitrogen and oxygen atoms in total.